The highest BCUT2D eigenvalue weighted by Gasteiger charge is 2.66. The molecule has 1 amide bonds. The second-order valence-corrected chi connectivity index (χ2v) is 6.91. The predicted octanol–water partition coefficient (Wildman–Crippen LogP) is 1.68. The molecule has 1 unspecified atom stereocenters. The maximum Gasteiger partial charge on any atom is 0.466 e. The SMILES string of the molecule is C=C(C)C(=O)OC(OCCCC(F)(F)C(F)(F)S(=O)(=O)[O-])(C(=O)NC)C(F)(F)F. The van der Waals surface area contributed by atoms with E-state index in [4.69, 9.17) is 0 Å². The Morgan fingerprint density at radius 2 is 1.59 bits per heavy atom. The molecule has 0 aliphatic carbocycles. The topological polar surface area (TPSA) is 122 Å². The lowest BCUT2D eigenvalue weighted by Gasteiger charge is -2.33. The van der Waals surface area contributed by atoms with Gasteiger partial charge in [-0.15, -0.1) is 0 Å². The Labute approximate surface area is 159 Å². The molecule has 0 fully saturated rings. The van der Waals surface area contributed by atoms with Crippen LogP contribution in [0.25, 0.3) is 0 Å². The van der Waals surface area contributed by atoms with Crippen molar-refractivity contribution in [1.29, 1.82) is 0 Å². The van der Waals surface area contributed by atoms with Gasteiger partial charge in [0.15, 0.2) is 10.1 Å². The number of ether oxygens (including phenoxy) is 2. The highest BCUT2D eigenvalue weighted by atomic mass is 32.2. The zero-order valence-electron chi connectivity index (χ0n) is 14.7. The maximum atomic E-state index is 13.4. The van der Waals surface area contributed by atoms with Gasteiger partial charge in [0.05, 0.1) is 6.61 Å². The van der Waals surface area contributed by atoms with Gasteiger partial charge in [-0.2, -0.15) is 30.7 Å². The van der Waals surface area contributed by atoms with E-state index in [1.807, 2.05) is 0 Å². The minimum absolute atomic E-state index is 0.599. The molecule has 16 heteroatoms. The van der Waals surface area contributed by atoms with Crippen molar-refractivity contribution in [3.63, 3.8) is 0 Å². The molecule has 1 atom stereocenters. The lowest BCUT2D eigenvalue weighted by molar-refractivity contribution is -0.347. The monoisotopic (exact) mass is 462 g/mol. The van der Waals surface area contributed by atoms with Gasteiger partial charge in [0.2, 0.25) is 0 Å². The third-order valence-electron chi connectivity index (χ3n) is 3.16. The van der Waals surface area contributed by atoms with Crippen LogP contribution in [0.5, 0.6) is 0 Å². The summed E-state index contributed by atoms with van der Waals surface area (Å²) in [5, 5.41) is -4.57. The highest BCUT2D eigenvalue weighted by Crippen LogP contribution is 2.42. The zero-order chi connectivity index (χ0) is 23.5. The minimum atomic E-state index is -6.79. The molecule has 0 rings (SSSR count). The molecule has 0 saturated heterocycles. The Balaban J connectivity index is 5.58. The number of halogens is 7. The summed E-state index contributed by atoms with van der Waals surface area (Å²) in [6.45, 7) is 2.38. The van der Waals surface area contributed by atoms with E-state index in [2.05, 4.69) is 16.1 Å². The molecule has 0 aliphatic rings. The summed E-state index contributed by atoms with van der Waals surface area (Å²) < 4.78 is 132. The molecule has 0 aromatic rings. The van der Waals surface area contributed by atoms with Crippen molar-refractivity contribution in [2.75, 3.05) is 13.7 Å². The summed E-state index contributed by atoms with van der Waals surface area (Å²) in [5.74, 6) is -13.6. The van der Waals surface area contributed by atoms with E-state index < -0.39 is 70.2 Å². The Bertz CT molecular complexity index is 751. The smallest absolute Gasteiger partial charge is 0.466 e. The van der Waals surface area contributed by atoms with Crippen LogP contribution in [0.1, 0.15) is 19.8 Å². The molecule has 170 valence electrons. The minimum Gasteiger partial charge on any atom is -0.743 e. The molecule has 1 N–H and O–H groups in total. The van der Waals surface area contributed by atoms with Crippen LogP contribution >= 0.6 is 0 Å². The predicted molar refractivity (Wildman–Crippen MR) is 78.5 cm³/mol. The van der Waals surface area contributed by atoms with Crippen molar-refractivity contribution in [3.05, 3.63) is 12.2 Å². The average molecular weight is 462 g/mol. The van der Waals surface area contributed by atoms with Gasteiger partial charge < -0.3 is 19.3 Å². The van der Waals surface area contributed by atoms with Crippen LogP contribution < -0.4 is 5.32 Å². The molecule has 0 aromatic carbocycles. The fraction of sp³-hybridized carbons (Fsp3) is 0.692. The first-order valence-corrected chi connectivity index (χ1v) is 8.70. The molecule has 0 saturated carbocycles. The second-order valence-electron chi connectivity index (χ2n) is 5.49. The summed E-state index contributed by atoms with van der Waals surface area (Å²) in [6, 6.07) is 0. The molecule has 0 heterocycles. The lowest BCUT2D eigenvalue weighted by Crippen LogP contribution is -2.61. The normalized spacial score (nSPS) is 15.4. The van der Waals surface area contributed by atoms with Crippen molar-refractivity contribution >= 4 is 22.0 Å². The largest absolute Gasteiger partial charge is 0.743 e. The van der Waals surface area contributed by atoms with Crippen LogP contribution in [0, 0.1) is 0 Å². The van der Waals surface area contributed by atoms with E-state index in [1.165, 1.54) is 5.32 Å². The van der Waals surface area contributed by atoms with E-state index in [0.29, 0.717) is 7.05 Å². The van der Waals surface area contributed by atoms with Gasteiger partial charge in [0, 0.05) is 19.0 Å². The first-order chi connectivity index (χ1) is 12.8. The van der Waals surface area contributed by atoms with Gasteiger partial charge in [-0.3, -0.25) is 4.79 Å². The van der Waals surface area contributed by atoms with Gasteiger partial charge in [0.1, 0.15) is 0 Å². The highest BCUT2D eigenvalue weighted by molar-refractivity contribution is 7.86. The molecule has 0 radical (unpaired) electrons. The summed E-state index contributed by atoms with van der Waals surface area (Å²) in [7, 11) is -6.10. The van der Waals surface area contributed by atoms with Crippen LogP contribution in [-0.4, -0.2) is 61.6 Å². The summed E-state index contributed by atoms with van der Waals surface area (Å²) in [6.07, 6.45) is -9.25. The third kappa shape index (κ3) is 5.79. The van der Waals surface area contributed by atoms with Crippen molar-refractivity contribution in [2.24, 2.45) is 0 Å². The van der Waals surface area contributed by atoms with Crippen LogP contribution in [0.2, 0.25) is 0 Å². The molecule has 0 bridgehead atoms. The van der Waals surface area contributed by atoms with Crippen LogP contribution in [0.15, 0.2) is 12.2 Å². The number of carbonyl (C=O) groups is 2. The van der Waals surface area contributed by atoms with Crippen molar-refractivity contribution in [1.82, 2.24) is 5.32 Å². The Morgan fingerprint density at radius 3 is 1.93 bits per heavy atom. The third-order valence-corrected chi connectivity index (χ3v) is 4.09. The van der Waals surface area contributed by atoms with Crippen molar-refractivity contribution < 1.29 is 62.8 Å². The van der Waals surface area contributed by atoms with E-state index in [-0.39, 0.29) is 0 Å². The van der Waals surface area contributed by atoms with Gasteiger partial charge in [-0.05, 0) is 13.3 Å². The molecular weight excluding hydrogens is 447 g/mol. The Hall–Kier alpha value is -1.94. The number of esters is 1. The van der Waals surface area contributed by atoms with E-state index in [1.54, 1.807) is 0 Å². The number of hydrogen-bond donors (Lipinski definition) is 1. The Kier molecular flexibility index (Phi) is 8.24. The van der Waals surface area contributed by atoms with E-state index in [0.717, 1.165) is 6.92 Å². The molecular formula is C13H15F7NO7S-. The Morgan fingerprint density at radius 1 is 1.10 bits per heavy atom. The number of likely N-dealkylation sites (N-methyl/N-ethyl adjacent to an activating group) is 1. The zero-order valence-corrected chi connectivity index (χ0v) is 15.6. The van der Waals surface area contributed by atoms with Crippen LogP contribution in [0.4, 0.5) is 30.7 Å². The molecule has 0 spiro atoms. The fourth-order valence-electron chi connectivity index (χ4n) is 1.63. The maximum absolute atomic E-state index is 13.4. The number of alkyl halides is 7. The molecule has 29 heavy (non-hydrogen) atoms. The summed E-state index contributed by atoms with van der Waals surface area (Å²) in [5.41, 5.74) is -0.599. The second kappa shape index (κ2) is 8.83. The quantitative estimate of drug-likeness (QED) is 0.131. The van der Waals surface area contributed by atoms with E-state index in [9.17, 15) is 53.3 Å². The molecule has 8 nitrogen and oxygen atoms in total. The standard InChI is InChI=1S/C13H16F7NO7S/c1-7(2)8(22)28-11(9(23)21-3,12(16,17)18)27-6-4-5-10(14,15)13(19,20)29(24,25)26/h1,4-6H2,2-3H3,(H,21,23)(H,24,25,26)/p-1. The van der Waals surface area contributed by atoms with Crippen LogP contribution in [-0.2, 0) is 29.2 Å². The molecule has 0 aliphatic heterocycles. The summed E-state index contributed by atoms with van der Waals surface area (Å²) >= 11 is 0. The average Bonchev–Trinajstić information content (AvgIpc) is 2.54. The number of rotatable bonds is 10. The van der Waals surface area contributed by atoms with Crippen LogP contribution in [0.3, 0.4) is 0 Å². The first kappa shape index (κ1) is 27.1. The summed E-state index contributed by atoms with van der Waals surface area (Å²) in [4.78, 5) is 23.1. The van der Waals surface area contributed by atoms with Crippen molar-refractivity contribution in [2.45, 2.75) is 42.9 Å². The van der Waals surface area contributed by atoms with Gasteiger partial charge in [0.25, 0.3) is 0 Å². The van der Waals surface area contributed by atoms with Gasteiger partial charge in [-0.1, -0.05) is 6.58 Å². The molecule has 0 aromatic heterocycles. The first-order valence-electron chi connectivity index (χ1n) is 7.29. The van der Waals surface area contributed by atoms with Gasteiger partial charge in [-0.25, -0.2) is 13.2 Å². The number of hydrogen-bond acceptors (Lipinski definition) is 7. The van der Waals surface area contributed by atoms with Gasteiger partial charge >= 0.3 is 35.0 Å². The number of nitrogens with one attached hydrogen (secondary N) is 1. The number of amides is 1. The number of carbonyl (C=O) groups excluding carboxylic acids is 2. The van der Waals surface area contributed by atoms with E-state index >= 15 is 0 Å². The van der Waals surface area contributed by atoms with Crippen molar-refractivity contribution in [3.8, 4) is 0 Å². The lowest BCUT2D eigenvalue weighted by atomic mass is 10.2. The fourth-order valence-corrected chi connectivity index (χ4v) is 2.10.